The molecule has 0 radical (unpaired) electrons. The molecule has 0 unspecified atom stereocenters. The van der Waals surface area contributed by atoms with Gasteiger partial charge in [-0.1, -0.05) is 0 Å². The number of anilines is 1. The van der Waals surface area contributed by atoms with Crippen molar-refractivity contribution < 1.29 is 9.53 Å². The van der Waals surface area contributed by atoms with Gasteiger partial charge in [-0.3, -0.25) is 4.79 Å². The molecule has 5 nitrogen and oxygen atoms in total. The Morgan fingerprint density at radius 2 is 2.05 bits per heavy atom. The zero-order chi connectivity index (χ0) is 13.7. The molecule has 2 rings (SSSR count). The first-order valence-electron chi connectivity index (χ1n) is 6.00. The maximum atomic E-state index is 10.6. The Hall–Kier alpha value is -2.43. The van der Waals surface area contributed by atoms with Crippen LogP contribution in [0.1, 0.15) is 5.69 Å². The van der Waals surface area contributed by atoms with Gasteiger partial charge in [0, 0.05) is 24.6 Å². The number of primary amides is 1. The lowest BCUT2D eigenvalue weighted by Crippen LogP contribution is -2.19. The normalized spacial score (nSPS) is 10.2. The van der Waals surface area contributed by atoms with Gasteiger partial charge in [0.25, 0.3) is 5.91 Å². The van der Waals surface area contributed by atoms with Gasteiger partial charge in [0.2, 0.25) is 0 Å². The van der Waals surface area contributed by atoms with Crippen molar-refractivity contribution in [1.29, 1.82) is 0 Å². The van der Waals surface area contributed by atoms with E-state index in [1.54, 1.807) is 12.1 Å². The summed E-state index contributed by atoms with van der Waals surface area (Å²) < 4.78 is 7.25. The van der Waals surface area contributed by atoms with E-state index in [9.17, 15) is 4.79 Å². The number of nitrogens with one attached hydrogen (secondary N) is 1. The third-order valence-electron chi connectivity index (χ3n) is 2.76. The second kappa shape index (κ2) is 5.95. The Morgan fingerprint density at radius 1 is 1.32 bits per heavy atom. The van der Waals surface area contributed by atoms with Gasteiger partial charge in [-0.05, 0) is 36.4 Å². The largest absolute Gasteiger partial charge is 0.484 e. The summed E-state index contributed by atoms with van der Waals surface area (Å²) in [4.78, 5) is 10.6. The van der Waals surface area contributed by atoms with E-state index in [1.807, 2.05) is 31.4 Å². The molecule has 3 N–H and O–H groups in total. The minimum absolute atomic E-state index is 0.101. The zero-order valence-corrected chi connectivity index (χ0v) is 10.8. The molecule has 5 heteroatoms. The third-order valence-corrected chi connectivity index (χ3v) is 2.76. The van der Waals surface area contributed by atoms with Crippen molar-refractivity contribution in [3.8, 4) is 5.75 Å². The lowest BCUT2D eigenvalue weighted by Gasteiger charge is -2.09. The Morgan fingerprint density at radius 3 is 2.63 bits per heavy atom. The number of nitrogens with two attached hydrogens (primary N) is 1. The van der Waals surface area contributed by atoms with Crippen molar-refractivity contribution in [2.24, 2.45) is 12.8 Å². The molecular formula is C14H17N3O2. The molecule has 0 saturated heterocycles. The van der Waals surface area contributed by atoms with Gasteiger partial charge in [0.05, 0.1) is 6.54 Å². The molecular weight excluding hydrogens is 242 g/mol. The van der Waals surface area contributed by atoms with E-state index >= 15 is 0 Å². The summed E-state index contributed by atoms with van der Waals surface area (Å²) in [7, 11) is 2.01. The van der Waals surface area contributed by atoms with Crippen LogP contribution in [0.5, 0.6) is 5.75 Å². The fraction of sp³-hybridized carbons (Fsp3) is 0.214. The van der Waals surface area contributed by atoms with Crippen LogP contribution in [0.2, 0.25) is 0 Å². The second-order valence-electron chi connectivity index (χ2n) is 4.24. The SMILES string of the molecule is Cn1cccc1CNc1ccc(OCC(N)=O)cc1. The van der Waals surface area contributed by atoms with E-state index in [4.69, 9.17) is 10.5 Å². The highest BCUT2D eigenvalue weighted by atomic mass is 16.5. The monoisotopic (exact) mass is 259 g/mol. The fourth-order valence-electron chi connectivity index (χ4n) is 1.70. The molecule has 0 aliphatic carbocycles. The van der Waals surface area contributed by atoms with E-state index in [0.29, 0.717) is 5.75 Å². The number of rotatable bonds is 6. The number of amides is 1. The van der Waals surface area contributed by atoms with Crippen LogP contribution in [0, 0.1) is 0 Å². The molecule has 1 aromatic carbocycles. The summed E-state index contributed by atoms with van der Waals surface area (Å²) in [6.07, 6.45) is 2.01. The van der Waals surface area contributed by atoms with Crippen LogP contribution in [-0.4, -0.2) is 17.1 Å². The van der Waals surface area contributed by atoms with Crippen LogP contribution in [0.25, 0.3) is 0 Å². The lowest BCUT2D eigenvalue weighted by atomic mass is 10.3. The maximum Gasteiger partial charge on any atom is 0.255 e. The third kappa shape index (κ3) is 3.77. The van der Waals surface area contributed by atoms with Gasteiger partial charge >= 0.3 is 0 Å². The molecule has 0 aliphatic rings. The molecule has 0 spiro atoms. The van der Waals surface area contributed by atoms with Gasteiger partial charge in [-0.25, -0.2) is 0 Å². The van der Waals surface area contributed by atoms with Crippen molar-refractivity contribution >= 4 is 11.6 Å². The van der Waals surface area contributed by atoms with Gasteiger partial charge in [0.15, 0.2) is 6.61 Å². The molecule has 1 heterocycles. The predicted octanol–water partition coefficient (Wildman–Crippen LogP) is 1.50. The number of aryl methyl sites for hydroxylation is 1. The number of carbonyl (C=O) groups is 1. The zero-order valence-electron chi connectivity index (χ0n) is 10.8. The molecule has 0 atom stereocenters. The van der Waals surface area contributed by atoms with Crippen molar-refractivity contribution in [2.45, 2.75) is 6.54 Å². The molecule has 2 aromatic rings. The number of benzene rings is 1. The Labute approximate surface area is 112 Å². The van der Waals surface area contributed by atoms with Crippen molar-refractivity contribution in [1.82, 2.24) is 4.57 Å². The van der Waals surface area contributed by atoms with Crippen LogP contribution in [0.15, 0.2) is 42.6 Å². The Bertz CT molecular complexity index is 546. The second-order valence-corrected chi connectivity index (χ2v) is 4.24. The maximum absolute atomic E-state index is 10.6. The summed E-state index contributed by atoms with van der Waals surface area (Å²) >= 11 is 0. The average Bonchev–Trinajstić information content (AvgIpc) is 2.81. The lowest BCUT2D eigenvalue weighted by molar-refractivity contribution is -0.119. The van der Waals surface area contributed by atoms with Gasteiger partial charge in [0.1, 0.15) is 5.75 Å². The summed E-state index contributed by atoms with van der Waals surface area (Å²) in [5.41, 5.74) is 7.20. The summed E-state index contributed by atoms with van der Waals surface area (Å²) in [6, 6.07) is 11.5. The van der Waals surface area contributed by atoms with Crippen LogP contribution < -0.4 is 15.8 Å². The molecule has 0 bridgehead atoms. The van der Waals surface area contributed by atoms with Gasteiger partial charge < -0.3 is 20.4 Å². The van der Waals surface area contributed by atoms with E-state index < -0.39 is 5.91 Å². The van der Waals surface area contributed by atoms with E-state index in [1.165, 1.54) is 5.69 Å². The smallest absolute Gasteiger partial charge is 0.255 e. The van der Waals surface area contributed by atoms with Crippen LogP contribution in [0.3, 0.4) is 0 Å². The Balaban J connectivity index is 1.88. The average molecular weight is 259 g/mol. The molecule has 0 fully saturated rings. The standard InChI is InChI=1S/C14H17N3O2/c1-17-8-2-3-12(17)9-16-11-4-6-13(7-5-11)19-10-14(15)18/h2-8,16H,9-10H2,1H3,(H2,15,18). The number of ether oxygens (including phenoxy) is 1. The van der Waals surface area contributed by atoms with Crippen LogP contribution >= 0.6 is 0 Å². The van der Waals surface area contributed by atoms with E-state index in [-0.39, 0.29) is 6.61 Å². The number of nitrogens with zero attached hydrogens (tertiary/aromatic N) is 1. The topological polar surface area (TPSA) is 69.3 Å². The molecule has 100 valence electrons. The highest BCUT2D eigenvalue weighted by molar-refractivity contribution is 5.75. The van der Waals surface area contributed by atoms with Crippen molar-refractivity contribution in [3.05, 3.63) is 48.3 Å². The van der Waals surface area contributed by atoms with E-state index in [0.717, 1.165) is 12.2 Å². The molecule has 1 aromatic heterocycles. The highest BCUT2D eigenvalue weighted by Gasteiger charge is 1.99. The predicted molar refractivity (Wildman–Crippen MR) is 73.9 cm³/mol. The van der Waals surface area contributed by atoms with E-state index in [2.05, 4.69) is 16.0 Å². The number of carbonyl (C=O) groups excluding carboxylic acids is 1. The molecule has 0 aliphatic heterocycles. The van der Waals surface area contributed by atoms with Gasteiger partial charge in [-0.15, -0.1) is 0 Å². The quantitative estimate of drug-likeness (QED) is 0.826. The minimum atomic E-state index is -0.481. The summed E-state index contributed by atoms with van der Waals surface area (Å²) in [6.45, 7) is 0.654. The first-order valence-corrected chi connectivity index (χ1v) is 6.00. The Kier molecular flexibility index (Phi) is 4.07. The van der Waals surface area contributed by atoms with Crippen molar-refractivity contribution in [2.75, 3.05) is 11.9 Å². The summed E-state index contributed by atoms with van der Waals surface area (Å²) in [5.74, 6) is 0.147. The molecule has 19 heavy (non-hydrogen) atoms. The number of hydrogen-bond acceptors (Lipinski definition) is 3. The van der Waals surface area contributed by atoms with Crippen LogP contribution in [0.4, 0.5) is 5.69 Å². The van der Waals surface area contributed by atoms with Crippen LogP contribution in [-0.2, 0) is 18.4 Å². The first-order chi connectivity index (χ1) is 9.15. The first kappa shape index (κ1) is 13.0. The fourth-order valence-corrected chi connectivity index (χ4v) is 1.70. The molecule has 1 amide bonds. The summed E-state index contributed by atoms with van der Waals surface area (Å²) in [5, 5.41) is 3.31. The van der Waals surface area contributed by atoms with Crippen molar-refractivity contribution in [3.63, 3.8) is 0 Å². The number of hydrogen-bond donors (Lipinski definition) is 2. The molecule has 0 saturated carbocycles. The highest BCUT2D eigenvalue weighted by Crippen LogP contribution is 2.16. The van der Waals surface area contributed by atoms with Gasteiger partial charge in [-0.2, -0.15) is 0 Å². The number of aromatic nitrogens is 1. The minimum Gasteiger partial charge on any atom is -0.484 e.